The lowest BCUT2D eigenvalue weighted by molar-refractivity contribution is -0.123. The summed E-state index contributed by atoms with van der Waals surface area (Å²) in [6, 6.07) is 1.85. The van der Waals surface area contributed by atoms with Crippen LogP contribution in [-0.4, -0.2) is 18.5 Å². The van der Waals surface area contributed by atoms with Crippen molar-refractivity contribution in [2.24, 2.45) is 0 Å². The van der Waals surface area contributed by atoms with E-state index in [2.05, 4.69) is 10.6 Å². The summed E-state index contributed by atoms with van der Waals surface area (Å²) in [4.78, 5) is 11.7. The van der Waals surface area contributed by atoms with E-state index in [1.165, 1.54) is 6.42 Å². The molecule has 1 amide bonds. The van der Waals surface area contributed by atoms with E-state index in [4.69, 9.17) is 4.42 Å². The zero-order valence-electron chi connectivity index (χ0n) is 8.66. The van der Waals surface area contributed by atoms with Gasteiger partial charge in [0.1, 0.15) is 0 Å². The summed E-state index contributed by atoms with van der Waals surface area (Å²) in [5.74, 6) is 0.0934. The Hall–Kier alpha value is -1.29. The van der Waals surface area contributed by atoms with E-state index >= 15 is 0 Å². The van der Waals surface area contributed by atoms with Crippen LogP contribution >= 0.6 is 0 Å². The van der Waals surface area contributed by atoms with Gasteiger partial charge in [0.25, 0.3) is 0 Å². The van der Waals surface area contributed by atoms with E-state index in [0.717, 1.165) is 24.9 Å². The number of piperidine rings is 1. The number of rotatable bonds is 3. The van der Waals surface area contributed by atoms with Crippen molar-refractivity contribution in [1.29, 1.82) is 0 Å². The van der Waals surface area contributed by atoms with Crippen LogP contribution in [0.5, 0.6) is 0 Å². The summed E-state index contributed by atoms with van der Waals surface area (Å²) in [6.07, 6.45) is 6.51. The van der Waals surface area contributed by atoms with Crippen LogP contribution in [0.25, 0.3) is 0 Å². The van der Waals surface area contributed by atoms with E-state index in [1.54, 1.807) is 12.5 Å². The maximum absolute atomic E-state index is 11.7. The third-order valence-electron chi connectivity index (χ3n) is 2.67. The molecule has 1 fully saturated rings. The molecule has 0 bridgehead atoms. The molecule has 2 heterocycles. The van der Waals surface area contributed by atoms with E-state index in [9.17, 15) is 4.79 Å². The summed E-state index contributed by atoms with van der Waals surface area (Å²) >= 11 is 0. The van der Waals surface area contributed by atoms with Crippen LogP contribution in [0.1, 0.15) is 24.8 Å². The predicted octanol–water partition coefficient (Wildman–Crippen LogP) is 1.04. The highest BCUT2D eigenvalue weighted by molar-refractivity contribution is 5.81. The van der Waals surface area contributed by atoms with Gasteiger partial charge in [-0.05, 0) is 25.5 Å². The third-order valence-corrected chi connectivity index (χ3v) is 2.67. The molecular weight excluding hydrogens is 192 g/mol. The Morgan fingerprint density at radius 2 is 2.53 bits per heavy atom. The van der Waals surface area contributed by atoms with Gasteiger partial charge in [0, 0.05) is 12.1 Å². The molecule has 1 aromatic heterocycles. The smallest absolute Gasteiger partial charge is 0.237 e. The van der Waals surface area contributed by atoms with Crippen LogP contribution in [0.4, 0.5) is 0 Å². The Morgan fingerprint density at radius 3 is 3.20 bits per heavy atom. The zero-order valence-corrected chi connectivity index (χ0v) is 8.66. The topological polar surface area (TPSA) is 54.3 Å². The minimum Gasteiger partial charge on any atom is -0.472 e. The number of furan rings is 1. The minimum atomic E-state index is -0.00866. The van der Waals surface area contributed by atoms with Gasteiger partial charge in [-0.3, -0.25) is 4.79 Å². The molecular formula is C11H16N2O2. The SMILES string of the molecule is O=C(NCc1ccoc1)[C@H]1CCCCN1. The second-order valence-electron chi connectivity index (χ2n) is 3.85. The first-order chi connectivity index (χ1) is 7.36. The standard InChI is InChI=1S/C11H16N2O2/c14-11(10-3-1-2-5-12-10)13-7-9-4-6-15-8-9/h4,6,8,10,12H,1-3,5,7H2,(H,13,14)/t10-/m1/s1. The maximum atomic E-state index is 11.7. The summed E-state index contributed by atoms with van der Waals surface area (Å²) in [5, 5.41) is 6.11. The van der Waals surface area contributed by atoms with E-state index in [-0.39, 0.29) is 11.9 Å². The van der Waals surface area contributed by atoms with E-state index in [1.807, 2.05) is 6.07 Å². The molecule has 2 N–H and O–H groups in total. The minimum absolute atomic E-state index is 0.00866. The van der Waals surface area contributed by atoms with Crippen LogP contribution in [0, 0.1) is 0 Å². The Labute approximate surface area is 89.0 Å². The lowest BCUT2D eigenvalue weighted by Gasteiger charge is -2.22. The van der Waals surface area contributed by atoms with E-state index < -0.39 is 0 Å². The highest BCUT2D eigenvalue weighted by Gasteiger charge is 2.19. The molecule has 0 radical (unpaired) electrons. The molecule has 15 heavy (non-hydrogen) atoms. The monoisotopic (exact) mass is 208 g/mol. The Kier molecular flexibility index (Phi) is 3.40. The first-order valence-corrected chi connectivity index (χ1v) is 5.38. The van der Waals surface area contributed by atoms with Crippen LogP contribution in [-0.2, 0) is 11.3 Å². The first kappa shape index (κ1) is 10.2. The maximum Gasteiger partial charge on any atom is 0.237 e. The zero-order chi connectivity index (χ0) is 10.5. The summed E-state index contributed by atoms with van der Waals surface area (Å²) in [6.45, 7) is 1.50. The fraction of sp³-hybridized carbons (Fsp3) is 0.545. The number of nitrogens with one attached hydrogen (secondary N) is 2. The molecule has 0 unspecified atom stereocenters. The normalized spacial score (nSPS) is 21.2. The van der Waals surface area contributed by atoms with Gasteiger partial charge >= 0.3 is 0 Å². The van der Waals surface area contributed by atoms with Crippen molar-refractivity contribution in [3.63, 3.8) is 0 Å². The van der Waals surface area contributed by atoms with Crippen molar-refractivity contribution in [2.45, 2.75) is 31.8 Å². The van der Waals surface area contributed by atoms with Crippen LogP contribution < -0.4 is 10.6 Å². The summed E-state index contributed by atoms with van der Waals surface area (Å²) in [5.41, 5.74) is 0.999. The van der Waals surface area contributed by atoms with Crippen molar-refractivity contribution < 1.29 is 9.21 Å². The van der Waals surface area contributed by atoms with Crippen LogP contribution in [0.2, 0.25) is 0 Å². The quantitative estimate of drug-likeness (QED) is 0.780. The van der Waals surface area contributed by atoms with Crippen molar-refractivity contribution >= 4 is 5.91 Å². The van der Waals surface area contributed by atoms with Crippen molar-refractivity contribution in [3.8, 4) is 0 Å². The lowest BCUT2D eigenvalue weighted by atomic mass is 10.0. The summed E-state index contributed by atoms with van der Waals surface area (Å²) < 4.78 is 4.93. The van der Waals surface area contributed by atoms with Gasteiger partial charge in [0.15, 0.2) is 0 Å². The molecule has 4 heteroatoms. The number of hydrogen-bond acceptors (Lipinski definition) is 3. The number of amides is 1. The van der Waals surface area contributed by atoms with Crippen molar-refractivity contribution in [1.82, 2.24) is 10.6 Å². The fourth-order valence-corrected chi connectivity index (χ4v) is 1.78. The molecule has 1 aliphatic heterocycles. The van der Waals surface area contributed by atoms with Gasteiger partial charge in [-0.25, -0.2) is 0 Å². The molecule has 0 spiro atoms. The van der Waals surface area contributed by atoms with Crippen LogP contribution in [0.3, 0.4) is 0 Å². The van der Waals surface area contributed by atoms with Gasteiger partial charge < -0.3 is 15.1 Å². The molecule has 1 atom stereocenters. The average Bonchev–Trinajstić information content (AvgIpc) is 2.80. The van der Waals surface area contributed by atoms with Gasteiger partial charge in [-0.1, -0.05) is 6.42 Å². The van der Waals surface area contributed by atoms with Gasteiger partial charge in [-0.15, -0.1) is 0 Å². The fourth-order valence-electron chi connectivity index (χ4n) is 1.78. The average molecular weight is 208 g/mol. The highest BCUT2D eigenvalue weighted by Crippen LogP contribution is 2.07. The predicted molar refractivity (Wildman–Crippen MR) is 56.2 cm³/mol. The second kappa shape index (κ2) is 4.98. The van der Waals surface area contributed by atoms with Gasteiger partial charge in [0.2, 0.25) is 5.91 Å². The van der Waals surface area contributed by atoms with Crippen LogP contribution in [0.15, 0.2) is 23.0 Å². The number of carbonyl (C=O) groups is 1. The van der Waals surface area contributed by atoms with Crippen molar-refractivity contribution in [2.75, 3.05) is 6.54 Å². The highest BCUT2D eigenvalue weighted by atomic mass is 16.3. The summed E-state index contributed by atoms with van der Waals surface area (Å²) in [7, 11) is 0. The Morgan fingerprint density at radius 1 is 1.60 bits per heavy atom. The Bertz CT molecular complexity index is 302. The van der Waals surface area contributed by atoms with E-state index in [0.29, 0.717) is 6.54 Å². The molecule has 1 saturated heterocycles. The third kappa shape index (κ3) is 2.83. The molecule has 1 aliphatic rings. The van der Waals surface area contributed by atoms with Gasteiger partial charge in [0.05, 0.1) is 18.6 Å². The van der Waals surface area contributed by atoms with Gasteiger partial charge in [-0.2, -0.15) is 0 Å². The molecule has 4 nitrogen and oxygen atoms in total. The largest absolute Gasteiger partial charge is 0.472 e. The molecule has 0 saturated carbocycles. The second-order valence-corrected chi connectivity index (χ2v) is 3.85. The molecule has 0 aromatic carbocycles. The number of carbonyl (C=O) groups excluding carboxylic acids is 1. The lowest BCUT2D eigenvalue weighted by Crippen LogP contribution is -2.46. The Balaban J connectivity index is 1.76. The molecule has 2 rings (SSSR count). The molecule has 1 aromatic rings. The molecule has 82 valence electrons. The van der Waals surface area contributed by atoms with Crippen molar-refractivity contribution in [3.05, 3.63) is 24.2 Å². The first-order valence-electron chi connectivity index (χ1n) is 5.38. The number of hydrogen-bond donors (Lipinski definition) is 2. The molecule has 0 aliphatic carbocycles.